The molecule has 0 aromatic heterocycles. The summed E-state index contributed by atoms with van der Waals surface area (Å²) in [5.41, 5.74) is 0. The van der Waals surface area contributed by atoms with Crippen LogP contribution in [0.1, 0.15) is 0 Å². The smallest absolute Gasteiger partial charge is 0.430 e. The van der Waals surface area contributed by atoms with Crippen LogP contribution in [0.5, 0.6) is 5.75 Å². The van der Waals surface area contributed by atoms with Gasteiger partial charge in [-0.2, -0.15) is 17.2 Å². The van der Waals surface area contributed by atoms with Gasteiger partial charge in [-0.3, -0.25) is 0 Å². The van der Waals surface area contributed by atoms with Gasteiger partial charge in [-0.1, -0.05) is 16.0 Å². The summed E-state index contributed by atoms with van der Waals surface area (Å²) in [6.45, 7) is 0. The predicted octanol–water partition coefficient (Wildman–Crippen LogP) is 3.03. The van der Waals surface area contributed by atoms with E-state index < -0.39 is 31.9 Å². The summed E-state index contributed by atoms with van der Waals surface area (Å²) < 4.78 is 68.0. The number of halogens is 5. The van der Waals surface area contributed by atoms with E-state index in [1.807, 2.05) is 15.9 Å². The molecule has 1 unspecified atom stereocenters. The Labute approximate surface area is 124 Å². The van der Waals surface area contributed by atoms with Crippen LogP contribution in [0.4, 0.5) is 13.2 Å². The lowest BCUT2D eigenvalue weighted by Crippen LogP contribution is -2.32. The highest BCUT2D eigenvalue weighted by molar-refractivity contribution is 9.09. The Hall–Kier alpha value is -1.09. The van der Waals surface area contributed by atoms with E-state index in [1.54, 1.807) is 0 Å². The molecule has 1 aromatic carbocycles. The highest BCUT2D eigenvalue weighted by Crippen LogP contribution is 2.33. The van der Waals surface area contributed by atoms with Gasteiger partial charge in [-0.15, -0.1) is 0 Å². The maximum atomic E-state index is 13.0. The number of hydrogen-bond acceptors (Lipinski definition) is 4. The summed E-state index contributed by atoms with van der Waals surface area (Å²) >= 11 is 7.55. The topological polar surface area (TPSA) is 72.8 Å². The van der Waals surface area contributed by atoms with E-state index in [4.69, 9.17) is 11.6 Å². The van der Waals surface area contributed by atoms with Gasteiger partial charge in [0, 0.05) is 6.07 Å². The third kappa shape index (κ3) is 3.95. The second-order valence-electron chi connectivity index (χ2n) is 3.21. The molecule has 0 saturated heterocycles. The molecule has 20 heavy (non-hydrogen) atoms. The van der Waals surface area contributed by atoms with Crippen molar-refractivity contribution in [3.63, 3.8) is 0 Å². The summed E-state index contributed by atoms with van der Waals surface area (Å²) in [4.78, 5) is 9.24. The van der Waals surface area contributed by atoms with Crippen molar-refractivity contribution >= 4 is 43.6 Å². The third-order valence-corrected chi connectivity index (χ3v) is 4.03. The Morgan fingerprint density at radius 2 is 2.05 bits per heavy atom. The van der Waals surface area contributed by atoms with Gasteiger partial charge in [0.1, 0.15) is 10.6 Å². The van der Waals surface area contributed by atoms with Crippen LogP contribution >= 0.6 is 27.5 Å². The van der Waals surface area contributed by atoms with Crippen molar-refractivity contribution < 1.29 is 31.1 Å². The van der Waals surface area contributed by atoms with Crippen LogP contribution in [0, 0.1) is 0 Å². The molecule has 110 valence electrons. The van der Waals surface area contributed by atoms with Gasteiger partial charge in [0.05, 0.1) is 5.02 Å². The lowest BCUT2D eigenvalue weighted by molar-refractivity contribution is -0.195. The Kier molecular flexibility index (Phi) is 5.20. The number of ether oxygens (including phenoxy) is 1. The van der Waals surface area contributed by atoms with E-state index in [1.165, 1.54) is 0 Å². The minimum Gasteiger partial charge on any atom is -0.430 e. The zero-order valence-corrected chi connectivity index (χ0v) is 12.3. The van der Waals surface area contributed by atoms with Crippen LogP contribution < -0.4 is 4.74 Å². The first kappa shape index (κ1) is 17.0. The highest BCUT2D eigenvalue weighted by atomic mass is 79.9. The van der Waals surface area contributed by atoms with Crippen LogP contribution in [0.25, 0.3) is 0 Å². The average Bonchev–Trinajstić information content (AvgIpc) is 2.30. The average molecular weight is 395 g/mol. The minimum atomic E-state index is -4.50. The molecule has 0 fully saturated rings. The van der Waals surface area contributed by atoms with Crippen LogP contribution in [0.15, 0.2) is 27.5 Å². The quantitative estimate of drug-likeness (QED) is 0.437. The Morgan fingerprint density at radius 1 is 1.45 bits per heavy atom. The largest absolute Gasteiger partial charge is 0.440 e. The van der Waals surface area contributed by atoms with E-state index in [-0.39, 0.29) is 5.02 Å². The fraction of sp³-hybridized carbons (Fsp3) is 0.222. The molecule has 1 atom stereocenters. The van der Waals surface area contributed by atoms with Gasteiger partial charge < -0.3 is 4.74 Å². The second-order valence-corrected chi connectivity index (χ2v) is 6.00. The molecule has 0 N–H and O–H groups in total. The highest BCUT2D eigenvalue weighted by Gasteiger charge is 2.41. The predicted molar refractivity (Wildman–Crippen MR) is 66.2 cm³/mol. The van der Waals surface area contributed by atoms with Crippen molar-refractivity contribution in [3.05, 3.63) is 23.2 Å². The maximum absolute atomic E-state index is 13.0. The molecule has 0 bridgehead atoms. The Morgan fingerprint density at radius 3 is 2.55 bits per heavy atom. The molecule has 0 aliphatic rings. The van der Waals surface area contributed by atoms with Crippen molar-refractivity contribution in [2.75, 3.05) is 0 Å². The van der Waals surface area contributed by atoms with Crippen LogP contribution in [-0.4, -0.2) is 25.7 Å². The van der Waals surface area contributed by atoms with Crippen LogP contribution in [-0.2, 0) is 14.8 Å². The normalized spacial score (nSPS) is 13.4. The van der Waals surface area contributed by atoms with E-state index in [9.17, 15) is 26.4 Å². The minimum absolute atomic E-state index is 0.379. The van der Waals surface area contributed by atoms with Gasteiger partial charge in [0.15, 0.2) is 0 Å². The van der Waals surface area contributed by atoms with E-state index in [0.717, 1.165) is 18.2 Å². The van der Waals surface area contributed by atoms with E-state index >= 15 is 0 Å². The maximum Gasteiger partial charge on any atom is 0.440 e. The van der Waals surface area contributed by atoms with Crippen LogP contribution in [0.2, 0.25) is 5.02 Å². The second kappa shape index (κ2) is 6.13. The molecule has 0 radical (unpaired) electrons. The standard InChI is InChI=1S/C9H4BrClF3NO4S/c10-8(12)9(13,14)19-5-1-2-6(11)7(3-5)20(17,18)15-4-16/h1-3,8H. The third-order valence-electron chi connectivity index (χ3n) is 1.85. The summed E-state index contributed by atoms with van der Waals surface area (Å²) in [5, 5.41) is -3.19. The first-order valence-corrected chi connectivity index (χ1v) is 7.32. The summed E-state index contributed by atoms with van der Waals surface area (Å²) in [7, 11) is -4.50. The van der Waals surface area contributed by atoms with Crippen molar-refractivity contribution in [2.24, 2.45) is 4.40 Å². The summed E-state index contributed by atoms with van der Waals surface area (Å²) in [5.74, 6) is -0.679. The van der Waals surface area contributed by atoms with Crippen molar-refractivity contribution in [1.29, 1.82) is 0 Å². The van der Waals surface area contributed by atoms with Crippen molar-refractivity contribution in [3.8, 4) is 5.75 Å². The molecule has 11 heteroatoms. The molecule has 0 aliphatic heterocycles. The fourth-order valence-electron chi connectivity index (χ4n) is 1.04. The lowest BCUT2D eigenvalue weighted by Gasteiger charge is -2.18. The molecule has 1 rings (SSSR count). The first-order valence-electron chi connectivity index (χ1n) is 4.59. The molecule has 0 spiro atoms. The number of benzene rings is 1. The van der Waals surface area contributed by atoms with Gasteiger partial charge in [0.2, 0.25) is 0 Å². The summed E-state index contributed by atoms with van der Waals surface area (Å²) in [6.07, 6.45) is -3.44. The van der Waals surface area contributed by atoms with E-state index in [0.29, 0.717) is 6.07 Å². The SMILES string of the molecule is O=C=NS(=O)(=O)c1cc(OC(F)(F)C(F)Br)ccc1Cl. The van der Waals surface area contributed by atoms with Crippen LogP contribution in [0.3, 0.4) is 0 Å². The molecular weight excluding hydrogens is 391 g/mol. The van der Waals surface area contributed by atoms with Gasteiger partial charge in [-0.05, 0) is 28.1 Å². The van der Waals surface area contributed by atoms with Crippen molar-refractivity contribution in [1.82, 2.24) is 0 Å². The Bertz CT molecular complexity index is 661. The number of nitrogens with zero attached hydrogens (tertiary/aromatic N) is 1. The number of sulfonamides is 1. The lowest BCUT2D eigenvalue weighted by atomic mass is 10.3. The van der Waals surface area contributed by atoms with E-state index in [2.05, 4.69) is 9.13 Å². The first-order chi connectivity index (χ1) is 9.10. The van der Waals surface area contributed by atoms with Gasteiger partial charge >= 0.3 is 6.11 Å². The molecule has 0 aliphatic carbocycles. The number of alkyl halides is 4. The monoisotopic (exact) mass is 393 g/mol. The van der Waals surface area contributed by atoms with Gasteiger partial charge in [-0.25, -0.2) is 9.18 Å². The van der Waals surface area contributed by atoms with Crippen molar-refractivity contribution in [2.45, 2.75) is 16.1 Å². The molecule has 0 saturated carbocycles. The van der Waals surface area contributed by atoms with Gasteiger partial charge in [0.25, 0.3) is 21.2 Å². The molecule has 0 amide bonds. The number of rotatable bonds is 5. The molecule has 1 aromatic rings. The fourth-order valence-corrected chi connectivity index (χ4v) is 2.32. The summed E-state index contributed by atoms with van der Waals surface area (Å²) in [6, 6.07) is 2.40. The zero-order valence-electron chi connectivity index (χ0n) is 9.19. The molecular formula is C9H4BrClF3NO4S. The Balaban J connectivity index is 3.26. The number of carbonyl (C=O) groups excluding carboxylic acids is 1. The number of hydrogen-bond donors (Lipinski definition) is 0. The zero-order chi connectivity index (χ0) is 15.6. The number of isocyanates is 1. The molecule has 5 nitrogen and oxygen atoms in total. The molecule has 0 heterocycles.